The highest BCUT2D eigenvalue weighted by molar-refractivity contribution is 7.15. The Morgan fingerprint density at radius 2 is 1.95 bits per heavy atom. The van der Waals surface area contributed by atoms with Crippen molar-refractivity contribution in [3.05, 3.63) is 40.7 Å². The summed E-state index contributed by atoms with van der Waals surface area (Å²) in [5.41, 5.74) is 1.52. The second-order valence-electron chi connectivity index (χ2n) is 4.50. The molecule has 0 fully saturated rings. The Balaban J connectivity index is 2.13. The first-order valence-electron chi connectivity index (χ1n) is 6.25. The van der Waals surface area contributed by atoms with Gasteiger partial charge in [0.1, 0.15) is 5.82 Å². The van der Waals surface area contributed by atoms with Gasteiger partial charge >= 0.3 is 5.97 Å². The number of carbonyl (C=O) groups is 1. The van der Waals surface area contributed by atoms with Crippen molar-refractivity contribution in [3.63, 3.8) is 0 Å². The van der Waals surface area contributed by atoms with Crippen molar-refractivity contribution in [2.75, 3.05) is 5.32 Å². The van der Waals surface area contributed by atoms with E-state index in [0.717, 1.165) is 16.0 Å². The van der Waals surface area contributed by atoms with E-state index in [1.54, 1.807) is 6.07 Å². The molecule has 2 heterocycles. The van der Waals surface area contributed by atoms with Gasteiger partial charge in [-0.3, -0.25) is 0 Å². The summed E-state index contributed by atoms with van der Waals surface area (Å²) in [4.78, 5) is 24.7. The lowest BCUT2D eigenvalue weighted by molar-refractivity contribution is 0.0684. The fourth-order valence-corrected chi connectivity index (χ4v) is 2.71. The molecule has 106 valence electrons. The van der Waals surface area contributed by atoms with E-state index in [-0.39, 0.29) is 5.82 Å². The van der Waals surface area contributed by atoms with Crippen LogP contribution in [0.5, 0.6) is 0 Å². The summed E-state index contributed by atoms with van der Waals surface area (Å²) in [5, 5.41) is 13.7. The van der Waals surface area contributed by atoms with Crippen LogP contribution in [0.25, 0.3) is 10.9 Å². The number of carboxylic acid groups (broad SMARTS) is 1. The van der Waals surface area contributed by atoms with Crippen molar-refractivity contribution in [2.24, 2.45) is 0 Å². The zero-order valence-electron chi connectivity index (χ0n) is 11.4. The van der Waals surface area contributed by atoms with Gasteiger partial charge in [0.2, 0.25) is 5.82 Å². The van der Waals surface area contributed by atoms with Crippen molar-refractivity contribution in [1.82, 2.24) is 15.0 Å². The Kier molecular flexibility index (Phi) is 3.26. The van der Waals surface area contributed by atoms with Gasteiger partial charge in [-0.25, -0.2) is 19.7 Å². The fourth-order valence-electron chi connectivity index (χ4n) is 1.90. The van der Waals surface area contributed by atoms with Crippen LogP contribution < -0.4 is 5.32 Å². The lowest BCUT2D eigenvalue weighted by Crippen LogP contribution is -2.07. The summed E-state index contributed by atoms with van der Waals surface area (Å²) in [6.07, 6.45) is 0. The summed E-state index contributed by atoms with van der Waals surface area (Å²) in [6, 6.07) is 7.27. The smallest absolute Gasteiger partial charge is 0.374 e. The third-order valence-corrected chi connectivity index (χ3v) is 4.04. The first kappa shape index (κ1) is 13.4. The topological polar surface area (TPSA) is 88.0 Å². The molecule has 2 N–H and O–H groups in total. The van der Waals surface area contributed by atoms with Crippen LogP contribution in [-0.4, -0.2) is 26.0 Å². The number of hydrogen-bond donors (Lipinski definition) is 2. The van der Waals surface area contributed by atoms with Crippen molar-refractivity contribution >= 4 is 39.2 Å². The van der Waals surface area contributed by atoms with Crippen LogP contribution in [0.2, 0.25) is 0 Å². The first-order chi connectivity index (χ1) is 10.0. The Morgan fingerprint density at radius 3 is 2.62 bits per heavy atom. The number of fused-ring (bicyclic) bond motifs is 1. The number of nitrogens with one attached hydrogen (secondary N) is 1. The molecular formula is C14H12N4O2S. The van der Waals surface area contributed by atoms with E-state index in [9.17, 15) is 4.79 Å². The fraction of sp³-hybridized carbons (Fsp3) is 0.143. The maximum absolute atomic E-state index is 11.1. The van der Waals surface area contributed by atoms with Crippen molar-refractivity contribution in [3.8, 4) is 0 Å². The number of nitrogens with zero attached hydrogens (tertiary/aromatic N) is 3. The molecule has 0 amide bonds. The highest BCUT2D eigenvalue weighted by Gasteiger charge is 2.14. The van der Waals surface area contributed by atoms with E-state index in [2.05, 4.69) is 20.3 Å². The molecule has 6 nitrogen and oxygen atoms in total. The van der Waals surface area contributed by atoms with E-state index < -0.39 is 5.97 Å². The molecule has 3 rings (SSSR count). The third-order valence-electron chi connectivity index (χ3n) is 3.05. The van der Waals surface area contributed by atoms with Crippen LogP contribution in [0.4, 0.5) is 10.9 Å². The van der Waals surface area contributed by atoms with E-state index in [4.69, 9.17) is 5.11 Å². The minimum absolute atomic E-state index is 0.235. The second kappa shape index (κ2) is 5.10. The number of thiazole rings is 1. The number of anilines is 2. The maximum Gasteiger partial charge on any atom is 0.374 e. The number of carboxylic acids is 1. The molecule has 0 saturated carbocycles. The van der Waals surface area contributed by atoms with E-state index in [1.807, 2.05) is 32.0 Å². The molecular weight excluding hydrogens is 288 g/mol. The highest BCUT2D eigenvalue weighted by Crippen LogP contribution is 2.27. The van der Waals surface area contributed by atoms with Crippen LogP contribution in [0.15, 0.2) is 24.3 Å². The lowest BCUT2D eigenvalue weighted by Gasteiger charge is -2.07. The summed E-state index contributed by atoms with van der Waals surface area (Å²) >= 11 is 1.50. The molecule has 1 aromatic carbocycles. The largest absolute Gasteiger partial charge is 0.475 e. The number of aromatic carboxylic acids is 1. The van der Waals surface area contributed by atoms with Crippen molar-refractivity contribution in [1.29, 1.82) is 0 Å². The van der Waals surface area contributed by atoms with Crippen LogP contribution in [0.1, 0.15) is 21.2 Å². The van der Waals surface area contributed by atoms with E-state index in [1.165, 1.54) is 11.3 Å². The predicted molar refractivity (Wildman–Crippen MR) is 81.4 cm³/mol. The zero-order valence-corrected chi connectivity index (χ0v) is 12.2. The average molecular weight is 300 g/mol. The van der Waals surface area contributed by atoms with Crippen LogP contribution >= 0.6 is 11.3 Å². The molecule has 21 heavy (non-hydrogen) atoms. The molecule has 0 radical (unpaired) electrons. The van der Waals surface area contributed by atoms with Gasteiger partial charge in [0.25, 0.3) is 0 Å². The third kappa shape index (κ3) is 2.55. The van der Waals surface area contributed by atoms with Gasteiger partial charge in [0.05, 0.1) is 11.2 Å². The lowest BCUT2D eigenvalue weighted by atomic mass is 10.2. The van der Waals surface area contributed by atoms with Gasteiger partial charge in [0.15, 0.2) is 5.13 Å². The quantitative estimate of drug-likeness (QED) is 0.772. The minimum atomic E-state index is -1.16. The minimum Gasteiger partial charge on any atom is -0.475 e. The van der Waals surface area contributed by atoms with Gasteiger partial charge < -0.3 is 10.4 Å². The molecule has 0 saturated heterocycles. The van der Waals surface area contributed by atoms with Gasteiger partial charge in [-0.05, 0) is 26.0 Å². The van der Waals surface area contributed by atoms with Crippen LogP contribution in [-0.2, 0) is 0 Å². The van der Waals surface area contributed by atoms with Gasteiger partial charge in [0, 0.05) is 10.3 Å². The Hall–Kier alpha value is -2.54. The average Bonchev–Trinajstić information content (AvgIpc) is 2.77. The Bertz CT molecular complexity index is 825. The predicted octanol–water partition coefficient (Wildman–Crippen LogP) is 3.14. The SMILES string of the molecule is Cc1nc(Nc2nc(C(=O)O)nc3ccccc23)sc1C. The number of benzene rings is 1. The molecule has 0 spiro atoms. The summed E-state index contributed by atoms with van der Waals surface area (Å²) in [5.74, 6) is -0.941. The molecule has 0 unspecified atom stereocenters. The maximum atomic E-state index is 11.1. The normalized spacial score (nSPS) is 10.8. The molecule has 0 aliphatic rings. The number of hydrogen-bond acceptors (Lipinski definition) is 6. The highest BCUT2D eigenvalue weighted by atomic mass is 32.1. The second-order valence-corrected chi connectivity index (χ2v) is 5.71. The Morgan fingerprint density at radius 1 is 1.19 bits per heavy atom. The number of rotatable bonds is 3. The van der Waals surface area contributed by atoms with Gasteiger partial charge in [-0.1, -0.05) is 12.1 Å². The summed E-state index contributed by atoms with van der Waals surface area (Å²) < 4.78 is 0. The van der Waals surface area contributed by atoms with Gasteiger partial charge in [-0.2, -0.15) is 0 Å². The standard InChI is InChI=1S/C14H12N4O2S/c1-7-8(2)21-14(15-7)18-11-9-5-3-4-6-10(9)16-12(17-11)13(19)20/h3-6H,1-2H3,(H,19,20)(H,15,16,17,18). The van der Waals surface area contributed by atoms with Crippen LogP contribution in [0, 0.1) is 13.8 Å². The number of para-hydroxylation sites is 1. The Labute approximate surface area is 124 Å². The number of aryl methyl sites for hydroxylation is 2. The van der Waals surface area contributed by atoms with Gasteiger partial charge in [-0.15, -0.1) is 11.3 Å². The van der Waals surface area contributed by atoms with Crippen LogP contribution in [0.3, 0.4) is 0 Å². The number of aromatic nitrogens is 3. The molecule has 2 aromatic heterocycles. The van der Waals surface area contributed by atoms with E-state index in [0.29, 0.717) is 16.5 Å². The first-order valence-corrected chi connectivity index (χ1v) is 7.07. The molecule has 3 aromatic rings. The zero-order chi connectivity index (χ0) is 15.0. The molecule has 0 aliphatic heterocycles. The molecule has 0 bridgehead atoms. The molecule has 0 aliphatic carbocycles. The monoisotopic (exact) mass is 300 g/mol. The van der Waals surface area contributed by atoms with E-state index >= 15 is 0 Å². The molecule has 7 heteroatoms. The summed E-state index contributed by atoms with van der Waals surface area (Å²) in [6.45, 7) is 3.91. The molecule has 0 atom stereocenters. The summed E-state index contributed by atoms with van der Waals surface area (Å²) in [7, 11) is 0. The van der Waals surface area contributed by atoms with Crippen molar-refractivity contribution in [2.45, 2.75) is 13.8 Å². The van der Waals surface area contributed by atoms with Crippen molar-refractivity contribution < 1.29 is 9.90 Å².